The molecule has 1 aromatic carbocycles. The third kappa shape index (κ3) is 6.32. The van der Waals surface area contributed by atoms with Crippen LogP contribution in [0.5, 0.6) is 0 Å². The number of hydrogen-bond donors (Lipinski definition) is 1. The van der Waals surface area contributed by atoms with Gasteiger partial charge >= 0.3 is 0 Å². The lowest BCUT2D eigenvalue weighted by atomic mass is 10.1. The van der Waals surface area contributed by atoms with E-state index in [2.05, 4.69) is 20.2 Å². The molecular weight excluding hydrogens is 437 g/mol. The number of amides is 1. The van der Waals surface area contributed by atoms with Gasteiger partial charge in [-0.25, -0.2) is 9.37 Å². The zero-order chi connectivity index (χ0) is 23.0. The van der Waals surface area contributed by atoms with Crippen molar-refractivity contribution in [3.63, 3.8) is 0 Å². The Kier molecular flexibility index (Phi) is 7.57. The van der Waals surface area contributed by atoms with Gasteiger partial charge in [-0.05, 0) is 61.7 Å². The van der Waals surface area contributed by atoms with Crippen LogP contribution in [-0.4, -0.2) is 44.6 Å². The van der Waals surface area contributed by atoms with Crippen LogP contribution in [0, 0.1) is 5.82 Å². The van der Waals surface area contributed by atoms with Crippen molar-refractivity contribution in [1.29, 1.82) is 0 Å². The summed E-state index contributed by atoms with van der Waals surface area (Å²) in [5.41, 5.74) is 4.55. The van der Waals surface area contributed by atoms with Crippen LogP contribution in [0.4, 0.5) is 4.39 Å². The molecule has 6 nitrogen and oxygen atoms in total. The predicted octanol–water partition coefficient (Wildman–Crippen LogP) is 5.15. The molecule has 0 unspecified atom stereocenters. The van der Waals surface area contributed by atoms with Crippen molar-refractivity contribution in [2.75, 3.05) is 13.6 Å². The van der Waals surface area contributed by atoms with E-state index in [0.717, 1.165) is 65.4 Å². The highest BCUT2D eigenvalue weighted by Gasteiger charge is 2.13. The summed E-state index contributed by atoms with van der Waals surface area (Å²) < 4.78 is 13.1. The molecule has 0 saturated heterocycles. The molecule has 3 heterocycles. The SMILES string of the molecule is CN(CCCCCc1cc(-c2ccc(F)cc2)n[nH]1)C(=O)Cc1csc(-c2cccnc2)n1. The summed E-state index contributed by atoms with van der Waals surface area (Å²) >= 11 is 1.53. The van der Waals surface area contributed by atoms with Crippen molar-refractivity contribution in [2.24, 2.45) is 0 Å². The van der Waals surface area contributed by atoms with Gasteiger partial charge < -0.3 is 4.90 Å². The number of pyridine rings is 1. The van der Waals surface area contributed by atoms with Gasteiger partial charge in [0.15, 0.2) is 0 Å². The van der Waals surface area contributed by atoms with Gasteiger partial charge in [-0.1, -0.05) is 6.42 Å². The van der Waals surface area contributed by atoms with E-state index >= 15 is 0 Å². The Hall–Kier alpha value is -3.39. The van der Waals surface area contributed by atoms with Gasteiger partial charge in [0.25, 0.3) is 0 Å². The topological polar surface area (TPSA) is 74.8 Å². The molecule has 0 aliphatic rings. The second-order valence-electron chi connectivity index (χ2n) is 7.97. The molecule has 170 valence electrons. The Morgan fingerprint density at radius 1 is 1.12 bits per heavy atom. The fourth-order valence-electron chi connectivity index (χ4n) is 3.52. The maximum Gasteiger partial charge on any atom is 0.228 e. The Bertz CT molecular complexity index is 1170. The van der Waals surface area contributed by atoms with E-state index in [1.807, 2.05) is 30.6 Å². The molecule has 4 rings (SSSR count). The maximum atomic E-state index is 13.1. The Balaban J connectivity index is 1.16. The third-order valence-corrected chi connectivity index (χ3v) is 6.37. The number of aromatic amines is 1. The summed E-state index contributed by atoms with van der Waals surface area (Å²) in [5, 5.41) is 10.2. The molecule has 33 heavy (non-hydrogen) atoms. The van der Waals surface area contributed by atoms with Crippen molar-refractivity contribution in [3.05, 3.63) is 77.4 Å². The first-order valence-electron chi connectivity index (χ1n) is 11.0. The summed E-state index contributed by atoms with van der Waals surface area (Å²) in [4.78, 5) is 23.0. The van der Waals surface area contributed by atoms with Crippen molar-refractivity contribution < 1.29 is 9.18 Å². The van der Waals surface area contributed by atoms with E-state index < -0.39 is 0 Å². The van der Waals surface area contributed by atoms with Crippen molar-refractivity contribution >= 4 is 17.2 Å². The van der Waals surface area contributed by atoms with Crippen LogP contribution in [0.1, 0.15) is 30.7 Å². The average molecular weight is 464 g/mol. The number of halogens is 1. The quantitative estimate of drug-likeness (QED) is 0.330. The highest BCUT2D eigenvalue weighted by Crippen LogP contribution is 2.23. The van der Waals surface area contributed by atoms with Crippen LogP contribution in [0.3, 0.4) is 0 Å². The molecular formula is C25H26FN5OS. The van der Waals surface area contributed by atoms with Crippen molar-refractivity contribution in [3.8, 4) is 21.8 Å². The molecule has 8 heteroatoms. The van der Waals surface area contributed by atoms with Gasteiger partial charge in [0.1, 0.15) is 10.8 Å². The molecule has 0 aliphatic carbocycles. The second-order valence-corrected chi connectivity index (χ2v) is 8.83. The molecule has 0 saturated carbocycles. The summed E-state index contributed by atoms with van der Waals surface area (Å²) in [6, 6.07) is 12.2. The second kappa shape index (κ2) is 11.0. The predicted molar refractivity (Wildman–Crippen MR) is 128 cm³/mol. The number of aryl methyl sites for hydroxylation is 1. The first-order valence-corrected chi connectivity index (χ1v) is 11.9. The lowest BCUT2D eigenvalue weighted by molar-refractivity contribution is -0.129. The zero-order valence-corrected chi connectivity index (χ0v) is 19.3. The van der Waals surface area contributed by atoms with Crippen LogP contribution in [0.15, 0.2) is 60.2 Å². The number of unbranched alkanes of at least 4 members (excludes halogenated alkanes) is 2. The molecule has 0 spiro atoms. The largest absolute Gasteiger partial charge is 0.345 e. The monoisotopic (exact) mass is 463 g/mol. The smallest absolute Gasteiger partial charge is 0.228 e. The first kappa shape index (κ1) is 22.8. The molecule has 0 radical (unpaired) electrons. The molecule has 1 amide bonds. The summed E-state index contributed by atoms with van der Waals surface area (Å²) in [7, 11) is 1.85. The van der Waals surface area contributed by atoms with Crippen LogP contribution >= 0.6 is 11.3 Å². The first-order chi connectivity index (χ1) is 16.1. The number of nitrogens with one attached hydrogen (secondary N) is 1. The van der Waals surface area contributed by atoms with E-state index in [1.165, 1.54) is 23.5 Å². The van der Waals surface area contributed by atoms with Gasteiger partial charge in [-0.15, -0.1) is 11.3 Å². The van der Waals surface area contributed by atoms with Gasteiger partial charge in [0, 0.05) is 48.2 Å². The lowest BCUT2D eigenvalue weighted by Gasteiger charge is -2.16. The standard InChI is InChI=1S/C25H26FN5OS/c1-31(24(32)15-22-17-33-25(28-22)19-6-5-12-27-16-19)13-4-2-3-7-21-14-23(30-29-21)18-8-10-20(26)11-9-18/h5-6,8-12,14,16-17H,2-4,7,13,15H2,1H3,(H,29,30). The van der Waals surface area contributed by atoms with E-state index in [0.29, 0.717) is 6.42 Å². The number of likely N-dealkylation sites (N-methyl/N-ethyl adjacent to an activating group) is 1. The fourth-order valence-corrected chi connectivity index (χ4v) is 4.33. The van der Waals surface area contributed by atoms with Gasteiger partial charge in [-0.3, -0.25) is 14.9 Å². The van der Waals surface area contributed by atoms with Crippen molar-refractivity contribution in [2.45, 2.75) is 32.1 Å². The summed E-state index contributed by atoms with van der Waals surface area (Å²) in [6.45, 7) is 0.724. The van der Waals surface area contributed by atoms with Crippen molar-refractivity contribution in [1.82, 2.24) is 25.1 Å². The number of thiazole rings is 1. The zero-order valence-electron chi connectivity index (χ0n) is 18.5. The summed E-state index contributed by atoms with van der Waals surface area (Å²) in [5.74, 6) is -0.172. The number of carbonyl (C=O) groups excluding carboxylic acids is 1. The van der Waals surface area contributed by atoms with E-state index in [4.69, 9.17) is 0 Å². The maximum absolute atomic E-state index is 13.1. The number of H-pyrrole nitrogens is 1. The molecule has 0 bridgehead atoms. The molecule has 0 fully saturated rings. The molecule has 1 N–H and O–H groups in total. The molecule has 4 aromatic rings. The van der Waals surface area contributed by atoms with E-state index in [-0.39, 0.29) is 11.7 Å². The third-order valence-electron chi connectivity index (χ3n) is 5.43. The van der Waals surface area contributed by atoms with Gasteiger partial charge in [-0.2, -0.15) is 5.10 Å². The molecule has 0 aliphatic heterocycles. The minimum atomic E-state index is -0.251. The average Bonchev–Trinajstić information content (AvgIpc) is 3.50. The fraction of sp³-hybridized carbons (Fsp3) is 0.280. The highest BCUT2D eigenvalue weighted by atomic mass is 32.1. The summed E-state index contributed by atoms with van der Waals surface area (Å²) in [6.07, 6.45) is 7.69. The Morgan fingerprint density at radius 3 is 2.76 bits per heavy atom. The number of benzene rings is 1. The molecule has 0 atom stereocenters. The number of nitrogens with zero attached hydrogens (tertiary/aromatic N) is 4. The highest BCUT2D eigenvalue weighted by molar-refractivity contribution is 7.13. The minimum Gasteiger partial charge on any atom is -0.345 e. The molecule has 3 aromatic heterocycles. The van der Waals surface area contributed by atoms with Crippen LogP contribution in [0.2, 0.25) is 0 Å². The van der Waals surface area contributed by atoms with Gasteiger partial charge in [0.2, 0.25) is 5.91 Å². The van der Waals surface area contributed by atoms with Gasteiger partial charge in [0.05, 0.1) is 17.8 Å². The number of aromatic nitrogens is 4. The lowest BCUT2D eigenvalue weighted by Crippen LogP contribution is -2.29. The number of hydrogen-bond acceptors (Lipinski definition) is 5. The number of carbonyl (C=O) groups is 1. The number of rotatable bonds is 10. The van der Waals surface area contributed by atoms with Crippen LogP contribution < -0.4 is 0 Å². The van der Waals surface area contributed by atoms with Crippen LogP contribution in [-0.2, 0) is 17.6 Å². The normalized spacial score (nSPS) is 11.0. The Labute approximate surface area is 196 Å². The van der Waals surface area contributed by atoms with E-state index in [9.17, 15) is 9.18 Å². The minimum absolute atomic E-state index is 0.0792. The van der Waals surface area contributed by atoms with E-state index in [1.54, 1.807) is 29.4 Å². The van der Waals surface area contributed by atoms with Crippen LogP contribution in [0.25, 0.3) is 21.8 Å². The Morgan fingerprint density at radius 2 is 1.97 bits per heavy atom.